The molecule has 1 atom stereocenters. The fraction of sp³-hybridized carbons (Fsp3) is 0.583. The maximum Gasteiger partial charge on any atom is 0.311 e. The summed E-state index contributed by atoms with van der Waals surface area (Å²) in [7, 11) is 0. The second kappa shape index (κ2) is 4.31. The van der Waals surface area contributed by atoms with E-state index in [1.54, 1.807) is 12.3 Å². The molecule has 1 heterocycles. The smallest absolute Gasteiger partial charge is 0.311 e. The standard InChI is InChI=1S/C12H17N3O2/c1-12(2)7-3-6-10(12)14-11-9(15(16)17)5-4-8-13-11/h4-5,8,10H,3,6-7H2,1-2H3,(H,13,14). The van der Waals surface area contributed by atoms with Crippen LogP contribution < -0.4 is 5.32 Å². The van der Waals surface area contributed by atoms with E-state index in [0.717, 1.165) is 19.3 Å². The molecule has 0 saturated heterocycles. The van der Waals surface area contributed by atoms with Crippen molar-refractivity contribution in [3.63, 3.8) is 0 Å². The van der Waals surface area contributed by atoms with Gasteiger partial charge in [0.05, 0.1) is 4.92 Å². The molecule has 0 radical (unpaired) electrons. The first-order chi connectivity index (χ1) is 8.00. The summed E-state index contributed by atoms with van der Waals surface area (Å²) in [5, 5.41) is 14.1. The Morgan fingerprint density at radius 3 is 2.94 bits per heavy atom. The van der Waals surface area contributed by atoms with Gasteiger partial charge in [0.1, 0.15) is 0 Å². The van der Waals surface area contributed by atoms with Gasteiger partial charge in [0.2, 0.25) is 5.82 Å². The van der Waals surface area contributed by atoms with Gasteiger partial charge in [0.25, 0.3) is 0 Å². The van der Waals surface area contributed by atoms with E-state index in [0.29, 0.717) is 5.82 Å². The summed E-state index contributed by atoms with van der Waals surface area (Å²) in [6.07, 6.45) is 4.93. The highest BCUT2D eigenvalue weighted by molar-refractivity contribution is 5.55. The lowest BCUT2D eigenvalue weighted by Crippen LogP contribution is -2.31. The summed E-state index contributed by atoms with van der Waals surface area (Å²) >= 11 is 0. The summed E-state index contributed by atoms with van der Waals surface area (Å²) in [6, 6.07) is 3.33. The molecule has 5 nitrogen and oxygen atoms in total. The van der Waals surface area contributed by atoms with Crippen molar-refractivity contribution in [3.8, 4) is 0 Å². The van der Waals surface area contributed by atoms with E-state index in [9.17, 15) is 10.1 Å². The fourth-order valence-electron chi connectivity index (χ4n) is 2.41. The van der Waals surface area contributed by atoms with Gasteiger partial charge in [-0.1, -0.05) is 20.3 Å². The molecule has 1 fully saturated rings. The van der Waals surface area contributed by atoms with Gasteiger partial charge in [-0.25, -0.2) is 4.98 Å². The highest BCUT2D eigenvalue weighted by atomic mass is 16.6. The normalized spacial score (nSPS) is 22.4. The molecule has 1 aliphatic rings. The number of hydrogen-bond donors (Lipinski definition) is 1. The number of nitrogens with one attached hydrogen (secondary N) is 1. The van der Waals surface area contributed by atoms with E-state index >= 15 is 0 Å². The third-order valence-corrected chi connectivity index (χ3v) is 3.55. The minimum absolute atomic E-state index is 0.0511. The molecular formula is C12H17N3O2. The highest BCUT2D eigenvalue weighted by Crippen LogP contribution is 2.39. The largest absolute Gasteiger partial charge is 0.361 e. The zero-order chi connectivity index (χ0) is 12.5. The number of aromatic nitrogens is 1. The van der Waals surface area contributed by atoms with Crippen LogP contribution in [0.3, 0.4) is 0 Å². The van der Waals surface area contributed by atoms with Gasteiger partial charge in [0, 0.05) is 18.3 Å². The molecule has 1 aliphatic carbocycles. The van der Waals surface area contributed by atoms with Crippen LogP contribution in [0.2, 0.25) is 0 Å². The first-order valence-corrected chi connectivity index (χ1v) is 5.87. The minimum atomic E-state index is -0.392. The average Bonchev–Trinajstić information content (AvgIpc) is 2.59. The Bertz CT molecular complexity index is 432. The van der Waals surface area contributed by atoms with Crippen molar-refractivity contribution in [2.24, 2.45) is 5.41 Å². The Morgan fingerprint density at radius 1 is 1.59 bits per heavy atom. The molecule has 0 aromatic carbocycles. The Kier molecular flexibility index (Phi) is 3.00. The van der Waals surface area contributed by atoms with E-state index in [4.69, 9.17) is 0 Å². The van der Waals surface area contributed by atoms with Gasteiger partial charge >= 0.3 is 5.69 Å². The van der Waals surface area contributed by atoms with Crippen LogP contribution in [0.5, 0.6) is 0 Å². The van der Waals surface area contributed by atoms with Crippen LogP contribution in [0, 0.1) is 15.5 Å². The van der Waals surface area contributed by atoms with Crippen LogP contribution in [0.25, 0.3) is 0 Å². The van der Waals surface area contributed by atoms with E-state index in [-0.39, 0.29) is 17.1 Å². The predicted molar refractivity (Wildman–Crippen MR) is 65.9 cm³/mol. The number of anilines is 1. The highest BCUT2D eigenvalue weighted by Gasteiger charge is 2.35. The maximum absolute atomic E-state index is 10.9. The Morgan fingerprint density at radius 2 is 2.35 bits per heavy atom. The minimum Gasteiger partial charge on any atom is -0.361 e. The lowest BCUT2D eigenvalue weighted by molar-refractivity contribution is -0.384. The molecule has 92 valence electrons. The molecule has 1 saturated carbocycles. The van der Waals surface area contributed by atoms with Crippen LogP contribution in [0.15, 0.2) is 18.3 Å². The molecule has 2 rings (SSSR count). The van der Waals surface area contributed by atoms with Gasteiger partial charge in [-0.05, 0) is 24.3 Å². The van der Waals surface area contributed by atoms with Gasteiger partial charge in [0.15, 0.2) is 0 Å². The van der Waals surface area contributed by atoms with Gasteiger partial charge in [-0.15, -0.1) is 0 Å². The van der Waals surface area contributed by atoms with Crippen molar-refractivity contribution in [2.45, 2.75) is 39.2 Å². The molecule has 1 unspecified atom stereocenters. The van der Waals surface area contributed by atoms with E-state index < -0.39 is 4.92 Å². The van der Waals surface area contributed by atoms with Crippen LogP contribution in [-0.2, 0) is 0 Å². The molecule has 1 N–H and O–H groups in total. The van der Waals surface area contributed by atoms with Crippen molar-refractivity contribution in [1.82, 2.24) is 4.98 Å². The number of hydrogen-bond acceptors (Lipinski definition) is 4. The van der Waals surface area contributed by atoms with E-state index in [1.807, 2.05) is 0 Å². The Hall–Kier alpha value is -1.65. The monoisotopic (exact) mass is 235 g/mol. The topological polar surface area (TPSA) is 68.1 Å². The molecule has 0 amide bonds. The van der Waals surface area contributed by atoms with Gasteiger partial charge < -0.3 is 5.32 Å². The van der Waals surface area contributed by atoms with Crippen molar-refractivity contribution in [1.29, 1.82) is 0 Å². The van der Waals surface area contributed by atoms with Crippen molar-refractivity contribution in [2.75, 3.05) is 5.32 Å². The first-order valence-electron chi connectivity index (χ1n) is 5.87. The van der Waals surface area contributed by atoms with Crippen LogP contribution in [0.1, 0.15) is 33.1 Å². The average molecular weight is 235 g/mol. The van der Waals surface area contributed by atoms with Crippen molar-refractivity contribution >= 4 is 11.5 Å². The van der Waals surface area contributed by atoms with Crippen molar-refractivity contribution in [3.05, 3.63) is 28.4 Å². The van der Waals surface area contributed by atoms with Gasteiger partial charge in [-0.3, -0.25) is 10.1 Å². The van der Waals surface area contributed by atoms with E-state index in [2.05, 4.69) is 24.1 Å². The summed E-state index contributed by atoms with van der Waals surface area (Å²) in [5.74, 6) is 0.387. The summed E-state index contributed by atoms with van der Waals surface area (Å²) in [4.78, 5) is 14.6. The second-order valence-electron chi connectivity index (χ2n) is 5.21. The zero-order valence-corrected chi connectivity index (χ0v) is 10.1. The molecular weight excluding hydrogens is 218 g/mol. The molecule has 5 heteroatoms. The molecule has 1 aromatic rings. The third-order valence-electron chi connectivity index (χ3n) is 3.55. The summed E-state index contributed by atoms with van der Waals surface area (Å²) in [5.41, 5.74) is 0.223. The Balaban J connectivity index is 2.21. The first kappa shape index (κ1) is 11.8. The Labute approximate surface area is 100 Å². The number of rotatable bonds is 3. The molecule has 1 aromatic heterocycles. The van der Waals surface area contributed by atoms with Crippen LogP contribution in [-0.4, -0.2) is 15.9 Å². The SMILES string of the molecule is CC1(C)CCCC1Nc1ncccc1[N+](=O)[O-]. The van der Waals surface area contributed by atoms with Crippen LogP contribution >= 0.6 is 0 Å². The predicted octanol–water partition coefficient (Wildman–Crippen LogP) is 2.98. The quantitative estimate of drug-likeness (QED) is 0.646. The van der Waals surface area contributed by atoms with Gasteiger partial charge in [-0.2, -0.15) is 0 Å². The molecule has 17 heavy (non-hydrogen) atoms. The number of pyridine rings is 1. The second-order valence-corrected chi connectivity index (χ2v) is 5.21. The number of nitrogens with zero attached hydrogens (tertiary/aromatic N) is 2. The van der Waals surface area contributed by atoms with Crippen molar-refractivity contribution < 1.29 is 4.92 Å². The number of nitro groups is 1. The zero-order valence-electron chi connectivity index (χ0n) is 10.1. The lowest BCUT2D eigenvalue weighted by atomic mass is 9.87. The molecule has 0 aliphatic heterocycles. The third kappa shape index (κ3) is 2.38. The molecule has 0 bridgehead atoms. The lowest BCUT2D eigenvalue weighted by Gasteiger charge is -2.27. The fourth-order valence-corrected chi connectivity index (χ4v) is 2.41. The van der Waals surface area contributed by atoms with E-state index in [1.165, 1.54) is 6.07 Å². The molecule has 0 spiro atoms. The summed E-state index contributed by atoms with van der Waals surface area (Å²) in [6.45, 7) is 4.37. The summed E-state index contributed by atoms with van der Waals surface area (Å²) < 4.78 is 0. The maximum atomic E-state index is 10.9. The van der Waals surface area contributed by atoms with Crippen LogP contribution in [0.4, 0.5) is 11.5 Å².